The van der Waals surface area contributed by atoms with Gasteiger partial charge in [0.1, 0.15) is 5.75 Å². The van der Waals surface area contributed by atoms with E-state index < -0.39 is 11.9 Å². The molecule has 2 fully saturated rings. The Balaban J connectivity index is 0.000000157. The van der Waals surface area contributed by atoms with E-state index in [1.165, 1.54) is 0 Å². The number of aromatic carboxylic acids is 2. The molecule has 0 aliphatic heterocycles. The Hall–Kier alpha value is -5.74. The van der Waals surface area contributed by atoms with Crippen molar-refractivity contribution in [3.8, 4) is 16.9 Å². The van der Waals surface area contributed by atoms with Crippen molar-refractivity contribution < 1.29 is 24.9 Å². The number of halogens is 1. The number of hydrogen-bond donors (Lipinski definition) is 3. The summed E-state index contributed by atoms with van der Waals surface area (Å²) in [5.41, 5.74) is 10.0. The molecule has 4 aromatic heterocycles. The number of aryl methyl sites for hydroxylation is 2. The smallest absolute Gasteiger partial charge is 0.337 e. The van der Waals surface area contributed by atoms with Crippen molar-refractivity contribution in [3.05, 3.63) is 147 Å². The van der Waals surface area contributed by atoms with Crippen LogP contribution in [0.5, 0.6) is 5.75 Å². The highest BCUT2D eigenvalue weighted by Crippen LogP contribution is 2.41. The summed E-state index contributed by atoms with van der Waals surface area (Å²) in [6, 6.07) is 23.2. The molecule has 2 aliphatic rings. The van der Waals surface area contributed by atoms with Crippen LogP contribution in [-0.4, -0.2) is 46.4 Å². The van der Waals surface area contributed by atoms with Gasteiger partial charge in [0.05, 0.1) is 33.5 Å². The van der Waals surface area contributed by atoms with Crippen molar-refractivity contribution in [2.45, 2.75) is 50.4 Å². The van der Waals surface area contributed by atoms with Crippen LogP contribution >= 0.6 is 15.9 Å². The van der Waals surface area contributed by atoms with Gasteiger partial charge in [-0.25, -0.2) is 9.59 Å². The molecule has 2 saturated carbocycles. The molecule has 9 nitrogen and oxygen atoms in total. The van der Waals surface area contributed by atoms with E-state index in [1.54, 1.807) is 24.3 Å². The van der Waals surface area contributed by atoms with Crippen molar-refractivity contribution in [1.82, 2.24) is 19.1 Å². The first-order chi connectivity index (χ1) is 26.0. The molecule has 54 heavy (non-hydrogen) atoms. The van der Waals surface area contributed by atoms with E-state index >= 15 is 0 Å². The first-order valence-corrected chi connectivity index (χ1v) is 18.9. The third kappa shape index (κ3) is 7.26. The first kappa shape index (κ1) is 35.3. The Kier molecular flexibility index (Phi) is 9.31. The second-order valence-electron chi connectivity index (χ2n) is 14.5. The van der Waals surface area contributed by atoms with Crippen LogP contribution in [0, 0.1) is 0 Å². The van der Waals surface area contributed by atoms with Crippen LogP contribution in [0.2, 0.25) is 0 Å². The molecule has 4 heterocycles. The fourth-order valence-corrected chi connectivity index (χ4v) is 8.19. The maximum atomic E-state index is 11.9. The second kappa shape index (κ2) is 14.2. The van der Waals surface area contributed by atoms with Gasteiger partial charge in [-0.1, -0.05) is 12.1 Å². The Morgan fingerprint density at radius 2 is 1.22 bits per heavy atom. The topological polar surface area (TPSA) is 130 Å². The maximum Gasteiger partial charge on any atom is 0.337 e. The minimum absolute atomic E-state index is 0.214. The average Bonchev–Trinajstić information content (AvgIpc) is 4.09. The van der Waals surface area contributed by atoms with Crippen molar-refractivity contribution in [2.24, 2.45) is 14.1 Å². The third-order valence-electron chi connectivity index (χ3n) is 10.5. The fourth-order valence-electron chi connectivity index (χ4n) is 7.39. The molecule has 0 saturated heterocycles. The summed E-state index contributed by atoms with van der Waals surface area (Å²) >= 11 is 3.62. The van der Waals surface area contributed by atoms with Crippen LogP contribution in [0.4, 0.5) is 0 Å². The van der Waals surface area contributed by atoms with Gasteiger partial charge in [-0.3, -0.25) is 9.97 Å². The monoisotopic (exact) mass is 782 g/mol. The van der Waals surface area contributed by atoms with Gasteiger partial charge in [0.25, 0.3) is 0 Å². The van der Waals surface area contributed by atoms with Gasteiger partial charge >= 0.3 is 11.9 Å². The van der Waals surface area contributed by atoms with Gasteiger partial charge in [0.15, 0.2) is 0 Å². The van der Waals surface area contributed by atoms with E-state index in [9.17, 15) is 24.9 Å². The molecule has 3 N–H and O–H groups in total. The molecule has 0 radical (unpaired) electrons. The number of carboxylic acids is 2. The Labute approximate surface area is 320 Å². The zero-order valence-electron chi connectivity index (χ0n) is 30.0. The number of pyridine rings is 2. The number of fused-ring (bicyclic) bond motifs is 2. The molecule has 0 amide bonds. The number of phenolic OH excluding ortho intramolecular Hbond substituents is 1. The van der Waals surface area contributed by atoms with E-state index in [2.05, 4.69) is 59.3 Å². The zero-order chi connectivity index (χ0) is 37.7. The molecule has 10 heteroatoms. The third-order valence-corrected chi connectivity index (χ3v) is 11.1. The molecule has 7 aromatic rings. The summed E-state index contributed by atoms with van der Waals surface area (Å²) in [5, 5.41) is 31.4. The highest BCUT2D eigenvalue weighted by molar-refractivity contribution is 9.10. The fraction of sp³-hybridized carbons (Fsp3) is 0.227. The Morgan fingerprint density at radius 1 is 0.704 bits per heavy atom. The predicted octanol–water partition coefficient (Wildman–Crippen LogP) is 9.61. The molecule has 0 unspecified atom stereocenters. The minimum Gasteiger partial charge on any atom is -0.508 e. The summed E-state index contributed by atoms with van der Waals surface area (Å²) in [4.78, 5) is 32.5. The highest BCUT2D eigenvalue weighted by Gasteiger charge is 2.27. The van der Waals surface area contributed by atoms with Gasteiger partial charge in [-0.05, 0) is 142 Å². The molecular formula is C44H39BrN4O5. The number of nitrogens with zero attached hydrogens (tertiary/aromatic N) is 4. The summed E-state index contributed by atoms with van der Waals surface area (Å²) in [5.74, 6) is -0.665. The van der Waals surface area contributed by atoms with Crippen LogP contribution in [-0.2, 0) is 26.9 Å². The minimum atomic E-state index is -0.936. The van der Waals surface area contributed by atoms with E-state index in [4.69, 9.17) is 0 Å². The SMILES string of the molecule is Cn1ccc2cc(Cc3ncc(C4CC4)cc3C(=O)O)cc(-c3cccc(O)c3)c21.Cn1ccc2cc(Cc3ncc(C4CC4)cc3C(=O)O)cc(Br)c21. The van der Waals surface area contributed by atoms with E-state index in [-0.39, 0.29) is 11.3 Å². The Morgan fingerprint density at radius 3 is 1.74 bits per heavy atom. The van der Waals surface area contributed by atoms with Gasteiger partial charge < -0.3 is 24.5 Å². The molecule has 2 aliphatic carbocycles. The molecule has 3 aromatic carbocycles. The van der Waals surface area contributed by atoms with Crippen LogP contribution in [0.15, 0.2) is 102 Å². The van der Waals surface area contributed by atoms with Crippen LogP contribution in [0.25, 0.3) is 32.9 Å². The maximum absolute atomic E-state index is 11.9. The van der Waals surface area contributed by atoms with Crippen LogP contribution in [0.3, 0.4) is 0 Å². The lowest BCUT2D eigenvalue weighted by atomic mass is 9.96. The highest BCUT2D eigenvalue weighted by atomic mass is 79.9. The van der Waals surface area contributed by atoms with Crippen LogP contribution in [0.1, 0.15) is 91.9 Å². The van der Waals surface area contributed by atoms with E-state index in [0.29, 0.717) is 41.6 Å². The summed E-state index contributed by atoms with van der Waals surface area (Å²) in [6.45, 7) is 0. The standard InChI is InChI=1S/C25H22N2O3.C19H17BrN2O2/c1-27-8-7-18-9-15(10-21(24(18)27)17-3-2-4-20(28)12-17)11-23-22(25(29)30)13-19(14-26-23)16-5-6-16;1-22-5-4-13-6-11(7-16(20)18(13)22)8-17-15(19(23)24)9-14(10-21-17)12-2-3-12/h2-4,7-10,12-14,16,28H,5-6,11H2,1H3,(H,29,30);4-7,9-10,12H,2-3,8H2,1H3,(H,23,24). The molecular weight excluding hydrogens is 744 g/mol. The number of aromatic hydroxyl groups is 1. The number of carbonyl (C=O) groups is 2. The first-order valence-electron chi connectivity index (χ1n) is 18.1. The van der Waals surface area contributed by atoms with E-state index in [1.807, 2.05) is 63.1 Å². The van der Waals surface area contributed by atoms with Gasteiger partial charge in [-0.15, -0.1) is 0 Å². The van der Waals surface area contributed by atoms with Crippen molar-refractivity contribution >= 4 is 49.7 Å². The zero-order valence-corrected chi connectivity index (χ0v) is 31.5. The number of benzene rings is 3. The van der Waals surface area contributed by atoms with Crippen LogP contribution < -0.4 is 0 Å². The van der Waals surface area contributed by atoms with Gasteiger partial charge in [-0.2, -0.15) is 0 Å². The molecule has 0 atom stereocenters. The number of aromatic nitrogens is 4. The van der Waals surface area contributed by atoms with Crippen molar-refractivity contribution in [1.29, 1.82) is 0 Å². The van der Waals surface area contributed by atoms with E-state index in [0.717, 1.165) is 85.3 Å². The molecule has 0 bridgehead atoms. The second-order valence-corrected chi connectivity index (χ2v) is 15.4. The number of hydrogen-bond acceptors (Lipinski definition) is 5. The number of phenols is 1. The lowest BCUT2D eigenvalue weighted by Crippen LogP contribution is -2.07. The summed E-state index contributed by atoms with van der Waals surface area (Å²) in [6.07, 6.45) is 13.1. The average molecular weight is 784 g/mol. The summed E-state index contributed by atoms with van der Waals surface area (Å²) < 4.78 is 5.13. The quantitative estimate of drug-likeness (QED) is 0.133. The van der Waals surface area contributed by atoms with Crippen molar-refractivity contribution in [3.63, 3.8) is 0 Å². The number of rotatable bonds is 9. The molecule has 0 spiro atoms. The van der Waals surface area contributed by atoms with Crippen molar-refractivity contribution in [2.75, 3.05) is 0 Å². The summed E-state index contributed by atoms with van der Waals surface area (Å²) in [7, 11) is 4.00. The normalized spacial score (nSPS) is 13.9. The lowest BCUT2D eigenvalue weighted by molar-refractivity contribution is 0.0684. The van der Waals surface area contributed by atoms with Gasteiger partial charge in [0, 0.05) is 72.5 Å². The molecule has 9 rings (SSSR count). The number of carboxylic acid groups (broad SMARTS) is 2. The molecule has 272 valence electrons. The Bertz CT molecular complexity index is 2600. The van der Waals surface area contributed by atoms with Gasteiger partial charge in [0.2, 0.25) is 0 Å². The predicted molar refractivity (Wildman–Crippen MR) is 213 cm³/mol. The lowest BCUT2D eigenvalue weighted by Gasteiger charge is -2.12. The largest absolute Gasteiger partial charge is 0.508 e.